The van der Waals surface area contributed by atoms with Gasteiger partial charge in [0.15, 0.2) is 0 Å². The lowest BCUT2D eigenvalue weighted by molar-refractivity contribution is -0.0255. The number of pyridine rings is 1. The van der Waals surface area contributed by atoms with Crippen LogP contribution in [0.4, 0.5) is 0 Å². The van der Waals surface area contributed by atoms with Crippen molar-refractivity contribution in [3.63, 3.8) is 0 Å². The monoisotopic (exact) mass is 762 g/mol. The second kappa shape index (κ2) is 44.6. The minimum Gasteiger partial charge on any atom is -0.477 e. The number of aromatic carboxylic acids is 1. The molecule has 0 radical (unpaired) electrons. The van der Waals surface area contributed by atoms with E-state index in [1.54, 1.807) is 12.3 Å². The van der Waals surface area contributed by atoms with E-state index in [2.05, 4.69) is 18.8 Å². The summed E-state index contributed by atoms with van der Waals surface area (Å²) in [4.78, 5) is 14.3. The summed E-state index contributed by atoms with van der Waals surface area (Å²) < 4.78 is 48.9. The molecule has 0 aliphatic heterocycles. The van der Waals surface area contributed by atoms with E-state index in [-0.39, 0.29) is 12.3 Å². The van der Waals surface area contributed by atoms with Crippen LogP contribution in [-0.2, 0) is 49.1 Å². The number of unbranched alkanes of at least 4 members (excludes halogenated alkanes) is 10. The highest BCUT2D eigenvalue weighted by Crippen LogP contribution is 2.10. The standard InChI is InChI=1S/C30H62O10.C10H13NO2/c1-2-3-4-5-6-7-8-9-10-11-13-32-15-17-34-19-21-36-23-25-38-27-29-40-30-28-39-26-24-37-22-20-35-18-16-33-14-12-31;1-2-3-4-8-5-6-9(10(12)13)11-7-8/h31H,2-30H2,1H3;5-7H,2-4H2,1H3,(H,12,13). The smallest absolute Gasteiger partial charge is 0.354 e. The lowest BCUT2D eigenvalue weighted by atomic mass is 10.1. The molecule has 1 heterocycles. The van der Waals surface area contributed by atoms with Gasteiger partial charge < -0.3 is 52.8 Å². The van der Waals surface area contributed by atoms with E-state index in [0.29, 0.717) is 112 Å². The molecule has 0 bridgehead atoms. The lowest BCUT2D eigenvalue weighted by Gasteiger charge is -2.09. The summed E-state index contributed by atoms with van der Waals surface area (Å²) in [5, 5.41) is 17.2. The van der Waals surface area contributed by atoms with Crippen molar-refractivity contribution in [2.45, 2.75) is 97.3 Å². The number of carboxylic acid groups (broad SMARTS) is 1. The van der Waals surface area contributed by atoms with E-state index in [1.165, 1.54) is 57.8 Å². The molecule has 0 saturated carbocycles. The van der Waals surface area contributed by atoms with Gasteiger partial charge >= 0.3 is 5.97 Å². The van der Waals surface area contributed by atoms with Gasteiger partial charge in [-0.05, 0) is 30.9 Å². The molecule has 0 fully saturated rings. The minimum atomic E-state index is -0.970. The lowest BCUT2D eigenvalue weighted by Crippen LogP contribution is -2.15. The average molecular weight is 762 g/mol. The number of ether oxygens (including phenoxy) is 9. The minimum absolute atomic E-state index is 0.0325. The number of carbonyl (C=O) groups is 1. The van der Waals surface area contributed by atoms with Gasteiger partial charge in [0.1, 0.15) is 5.69 Å². The molecule has 0 spiro atoms. The topological polar surface area (TPSA) is 153 Å². The quantitative estimate of drug-likeness (QED) is 0.0732. The first-order valence-electron chi connectivity index (χ1n) is 20.1. The Morgan fingerprint density at radius 3 is 1.13 bits per heavy atom. The predicted molar refractivity (Wildman–Crippen MR) is 206 cm³/mol. The van der Waals surface area contributed by atoms with Crippen molar-refractivity contribution in [3.8, 4) is 0 Å². The zero-order valence-corrected chi connectivity index (χ0v) is 33.3. The second-order valence-electron chi connectivity index (χ2n) is 12.4. The van der Waals surface area contributed by atoms with Crippen molar-refractivity contribution in [2.24, 2.45) is 0 Å². The highest BCUT2D eigenvalue weighted by atomic mass is 16.6. The number of aliphatic hydroxyl groups excluding tert-OH is 1. The van der Waals surface area contributed by atoms with Gasteiger partial charge in [-0.15, -0.1) is 0 Å². The summed E-state index contributed by atoms with van der Waals surface area (Å²) in [6.45, 7) is 14.2. The third kappa shape index (κ3) is 41.2. The van der Waals surface area contributed by atoms with Crippen molar-refractivity contribution < 1.29 is 57.6 Å². The molecule has 53 heavy (non-hydrogen) atoms. The largest absolute Gasteiger partial charge is 0.477 e. The van der Waals surface area contributed by atoms with E-state index in [1.807, 2.05) is 6.07 Å². The van der Waals surface area contributed by atoms with Crippen LogP contribution in [0.2, 0.25) is 0 Å². The molecule has 0 atom stereocenters. The van der Waals surface area contributed by atoms with Crippen LogP contribution in [0.15, 0.2) is 18.3 Å². The van der Waals surface area contributed by atoms with Crippen molar-refractivity contribution in [1.82, 2.24) is 4.98 Å². The maximum absolute atomic E-state index is 10.5. The predicted octanol–water partition coefficient (Wildman–Crippen LogP) is 6.17. The van der Waals surface area contributed by atoms with Crippen LogP contribution in [0.25, 0.3) is 0 Å². The third-order valence-electron chi connectivity index (χ3n) is 7.72. The van der Waals surface area contributed by atoms with Crippen molar-refractivity contribution in [1.29, 1.82) is 0 Å². The van der Waals surface area contributed by atoms with Gasteiger partial charge in [0.25, 0.3) is 0 Å². The Balaban J connectivity index is 0.00000173. The normalized spacial score (nSPS) is 11.2. The number of aliphatic hydroxyl groups is 1. The number of nitrogens with zero attached hydrogens (tertiary/aromatic N) is 1. The third-order valence-corrected chi connectivity index (χ3v) is 7.72. The van der Waals surface area contributed by atoms with Crippen LogP contribution >= 0.6 is 0 Å². The summed E-state index contributed by atoms with van der Waals surface area (Å²) >= 11 is 0. The van der Waals surface area contributed by atoms with Crippen LogP contribution in [0, 0.1) is 0 Å². The first kappa shape index (κ1) is 51.2. The molecule has 2 N–H and O–H groups in total. The van der Waals surface area contributed by atoms with Crippen LogP contribution < -0.4 is 0 Å². The van der Waals surface area contributed by atoms with Crippen LogP contribution in [0.3, 0.4) is 0 Å². The van der Waals surface area contributed by atoms with E-state index >= 15 is 0 Å². The summed E-state index contributed by atoms with van der Waals surface area (Å²) in [5.74, 6) is -0.970. The first-order chi connectivity index (χ1) is 26.2. The maximum Gasteiger partial charge on any atom is 0.354 e. The molecule has 0 aliphatic rings. The molecule has 312 valence electrons. The van der Waals surface area contributed by atoms with Gasteiger partial charge in [0, 0.05) is 12.8 Å². The molecule has 0 aromatic carbocycles. The van der Waals surface area contributed by atoms with Crippen molar-refractivity contribution >= 4 is 5.97 Å². The fraction of sp³-hybridized carbons (Fsp3) is 0.850. The molecule has 1 aromatic heterocycles. The Hall–Kier alpha value is -1.78. The SMILES string of the molecule is CCCCCCCCCCCCOCCOCCOCCOCCOCCOCCOCCOCCOCCO.CCCCc1ccc(C(=O)O)nc1. The van der Waals surface area contributed by atoms with Crippen molar-refractivity contribution in [2.75, 3.05) is 126 Å². The van der Waals surface area contributed by atoms with Crippen molar-refractivity contribution in [3.05, 3.63) is 29.6 Å². The zero-order chi connectivity index (χ0) is 38.6. The number of hydrogen-bond acceptors (Lipinski definition) is 12. The fourth-order valence-corrected chi connectivity index (χ4v) is 4.70. The fourth-order valence-electron chi connectivity index (χ4n) is 4.70. The Kier molecular flexibility index (Phi) is 43.1. The van der Waals surface area contributed by atoms with Gasteiger partial charge in [-0.1, -0.05) is 84.1 Å². The Morgan fingerprint density at radius 2 is 0.811 bits per heavy atom. The second-order valence-corrected chi connectivity index (χ2v) is 12.4. The number of rotatable bonds is 41. The van der Waals surface area contributed by atoms with E-state index in [4.69, 9.17) is 52.8 Å². The van der Waals surface area contributed by atoms with Gasteiger partial charge in [0.2, 0.25) is 0 Å². The highest BCUT2D eigenvalue weighted by Gasteiger charge is 2.03. The molecule has 1 rings (SSSR count). The molecule has 0 unspecified atom stereocenters. The Morgan fingerprint density at radius 1 is 0.472 bits per heavy atom. The summed E-state index contributed by atoms with van der Waals surface area (Å²) in [6.07, 6.45) is 18.3. The van der Waals surface area contributed by atoms with E-state index in [9.17, 15) is 4.79 Å². The molecule has 0 saturated heterocycles. The van der Waals surface area contributed by atoms with E-state index in [0.717, 1.165) is 37.9 Å². The molecule has 1 aromatic rings. The van der Waals surface area contributed by atoms with Gasteiger partial charge in [-0.3, -0.25) is 0 Å². The summed E-state index contributed by atoms with van der Waals surface area (Å²) in [7, 11) is 0. The van der Waals surface area contributed by atoms with Crippen LogP contribution in [-0.4, -0.2) is 147 Å². The van der Waals surface area contributed by atoms with Gasteiger partial charge in [-0.25, -0.2) is 9.78 Å². The maximum atomic E-state index is 10.5. The number of carboxylic acids is 1. The van der Waals surface area contributed by atoms with E-state index < -0.39 is 5.97 Å². The number of aryl methyl sites for hydroxylation is 1. The van der Waals surface area contributed by atoms with Crippen LogP contribution in [0.1, 0.15) is 107 Å². The first-order valence-corrected chi connectivity index (χ1v) is 20.1. The summed E-state index contributed by atoms with van der Waals surface area (Å²) in [5.41, 5.74) is 1.21. The van der Waals surface area contributed by atoms with Gasteiger partial charge in [0.05, 0.1) is 119 Å². The molecular weight excluding hydrogens is 686 g/mol. The average Bonchev–Trinajstić information content (AvgIpc) is 3.17. The number of hydrogen-bond donors (Lipinski definition) is 2. The zero-order valence-electron chi connectivity index (χ0n) is 33.3. The Labute approximate surface area is 320 Å². The molecule has 13 nitrogen and oxygen atoms in total. The number of aromatic nitrogens is 1. The molecule has 13 heteroatoms. The molecular formula is C40H75NO12. The van der Waals surface area contributed by atoms with Gasteiger partial charge in [-0.2, -0.15) is 0 Å². The Bertz CT molecular complexity index is 812. The molecule has 0 amide bonds. The molecule has 0 aliphatic carbocycles. The highest BCUT2D eigenvalue weighted by molar-refractivity contribution is 5.85. The summed E-state index contributed by atoms with van der Waals surface area (Å²) in [6, 6.07) is 3.37. The van der Waals surface area contributed by atoms with Crippen LogP contribution in [0.5, 0.6) is 0 Å².